The number of sulfonamides is 1. The van der Waals surface area contributed by atoms with Gasteiger partial charge in [0.1, 0.15) is 0 Å². The molecule has 0 aliphatic carbocycles. The highest BCUT2D eigenvalue weighted by molar-refractivity contribution is 7.89. The number of nitrogens with one attached hydrogen (secondary N) is 2. The molecule has 2 aromatic carbocycles. The van der Waals surface area contributed by atoms with Crippen LogP contribution in [0.15, 0.2) is 47.4 Å². The Hall–Kier alpha value is -2.26. The van der Waals surface area contributed by atoms with Crippen molar-refractivity contribution in [2.45, 2.75) is 44.2 Å². The zero-order valence-electron chi connectivity index (χ0n) is 19.3. The number of nitrogens with zero attached hydrogens (tertiary/aromatic N) is 1. The lowest BCUT2D eigenvalue weighted by molar-refractivity contribution is 0.0825. The van der Waals surface area contributed by atoms with Crippen LogP contribution >= 0.6 is 0 Å². The van der Waals surface area contributed by atoms with E-state index in [-0.39, 0.29) is 29.5 Å². The molecule has 0 unspecified atom stereocenters. The summed E-state index contributed by atoms with van der Waals surface area (Å²) >= 11 is 0. The highest BCUT2D eigenvalue weighted by Crippen LogP contribution is 2.25. The summed E-state index contributed by atoms with van der Waals surface area (Å²) in [6.07, 6.45) is 0.989. The number of fused-ring (bicyclic) bond motifs is 1. The average molecular weight is 460 g/mol. The molecule has 1 aliphatic rings. The van der Waals surface area contributed by atoms with Gasteiger partial charge < -0.3 is 10.1 Å². The summed E-state index contributed by atoms with van der Waals surface area (Å²) in [4.78, 5) is 15.4. The van der Waals surface area contributed by atoms with Gasteiger partial charge >= 0.3 is 0 Å². The zero-order valence-corrected chi connectivity index (χ0v) is 20.1. The van der Waals surface area contributed by atoms with E-state index in [0.717, 1.165) is 25.1 Å². The maximum atomic E-state index is 13.0. The Morgan fingerprint density at radius 3 is 2.59 bits per heavy atom. The van der Waals surface area contributed by atoms with E-state index in [1.807, 2.05) is 0 Å². The van der Waals surface area contributed by atoms with Gasteiger partial charge in [-0.05, 0) is 56.0 Å². The molecular weight excluding hydrogens is 426 g/mol. The Bertz CT molecular complexity index is 1070. The van der Waals surface area contributed by atoms with Gasteiger partial charge in [-0.15, -0.1) is 0 Å². The van der Waals surface area contributed by atoms with Gasteiger partial charge in [0.25, 0.3) is 5.91 Å². The predicted molar refractivity (Wildman–Crippen MR) is 125 cm³/mol. The van der Waals surface area contributed by atoms with Gasteiger partial charge in [0.05, 0.1) is 11.5 Å². The number of hydrogen-bond acceptors (Lipinski definition) is 5. The first-order valence-corrected chi connectivity index (χ1v) is 12.3. The molecule has 0 aromatic heterocycles. The minimum absolute atomic E-state index is 0.0660. The van der Waals surface area contributed by atoms with Crippen LogP contribution in [-0.4, -0.2) is 58.1 Å². The van der Waals surface area contributed by atoms with Crippen LogP contribution in [-0.2, 0) is 27.7 Å². The summed E-state index contributed by atoms with van der Waals surface area (Å²) in [7, 11) is -2.21. The molecule has 0 radical (unpaired) electrons. The van der Waals surface area contributed by atoms with Crippen molar-refractivity contribution in [1.29, 1.82) is 0 Å². The quantitative estimate of drug-likeness (QED) is 0.563. The van der Waals surface area contributed by atoms with E-state index in [4.69, 9.17) is 4.74 Å². The monoisotopic (exact) mass is 459 g/mol. The van der Waals surface area contributed by atoms with E-state index < -0.39 is 10.0 Å². The fourth-order valence-electron chi connectivity index (χ4n) is 3.89. The summed E-state index contributed by atoms with van der Waals surface area (Å²) in [5, 5.41) is 3.02. The molecule has 0 spiro atoms. The van der Waals surface area contributed by atoms with Gasteiger partial charge in [-0.25, -0.2) is 13.1 Å². The Morgan fingerprint density at radius 2 is 1.88 bits per heavy atom. The minimum atomic E-state index is -3.71. The molecule has 0 atom stereocenters. The van der Waals surface area contributed by atoms with Gasteiger partial charge in [0.15, 0.2) is 0 Å². The third-order valence-corrected chi connectivity index (χ3v) is 7.49. The predicted octanol–water partition coefficient (Wildman–Crippen LogP) is 2.49. The zero-order chi connectivity index (χ0) is 23.4. The summed E-state index contributed by atoms with van der Waals surface area (Å²) in [6.45, 7) is 8.71. The first-order valence-electron chi connectivity index (χ1n) is 10.8. The minimum Gasteiger partial charge on any atom is -0.383 e. The van der Waals surface area contributed by atoms with Crippen molar-refractivity contribution in [1.82, 2.24) is 14.9 Å². The molecule has 2 aromatic rings. The molecule has 0 saturated carbocycles. The van der Waals surface area contributed by atoms with Crippen molar-refractivity contribution in [2.24, 2.45) is 0 Å². The second-order valence-corrected chi connectivity index (χ2v) is 10.6. The van der Waals surface area contributed by atoms with Gasteiger partial charge in [0, 0.05) is 44.4 Å². The van der Waals surface area contributed by atoms with Crippen LogP contribution in [0.4, 0.5) is 0 Å². The van der Waals surface area contributed by atoms with Crippen LogP contribution in [0, 0.1) is 6.92 Å². The summed E-state index contributed by atoms with van der Waals surface area (Å²) in [5.41, 5.74) is 3.55. The third-order valence-electron chi connectivity index (χ3n) is 6.03. The first kappa shape index (κ1) is 24.4. The number of carbonyl (C=O) groups is 1. The van der Waals surface area contributed by atoms with E-state index >= 15 is 0 Å². The molecule has 1 aliphatic heterocycles. The summed E-state index contributed by atoms with van der Waals surface area (Å²) in [5.74, 6) is -0.276. The second kappa shape index (κ2) is 10.1. The Balaban J connectivity index is 1.68. The maximum Gasteiger partial charge on any atom is 0.251 e. The molecule has 174 valence electrons. The number of rotatable bonds is 9. The smallest absolute Gasteiger partial charge is 0.251 e. The molecule has 3 rings (SSSR count). The van der Waals surface area contributed by atoms with Crippen molar-refractivity contribution in [3.05, 3.63) is 64.7 Å². The van der Waals surface area contributed by atoms with Crippen LogP contribution in [0.1, 0.15) is 40.9 Å². The average Bonchev–Trinajstić information content (AvgIpc) is 2.77. The lowest BCUT2D eigenvalue weighted by Gasteiger charge is -2.41. The topological polar surface area (TPSA) is 87.7 Å². The standard InChI is InChI=1S/C24H33N3O4S/c1-18-9-10-21(32(29,30)26-12-14-31-4)15-22(18)23(28)25-17-24(2,3)27-13-11-19-7-5-6-8-20(19)16-27/h5-10,15,26H,11-14,16-17H2,1-4H3,(H,25,28). The Labute approximate surface area is 191 Å². The van der Waals surface area contributed by atoms with Gasteiger partial charge in [-0.1, -0.05) is 30.3 Å². The first-order chi connectivity index (χ1) is 15.1. The van der Waals surface area contributed by atoms with Crippen LogP contribution in [0.2, 0.25) is 0 Å². The fourth-order valence-corrected chi connectivity index (χ4v) is 4.93. The van der Waals surface area contributed by atoms with Crippen LogP contribution in [0.25, 0.3) is 0 Å². The molecule has 1 amide bonds. The maximum absolute atomic E-state index is 13.0. The molecule has 1 heterocycles. The lowest BCUT2D eigenvalue weighted by atomic mass is 9.94. The Kier molecular flexibility index (Phi) is 7.71. The Morgan fingerprint density at radius 1 is 1.16 bits per heavy atom. The molecule has 2 N–H and O–H groups in total. The number of ether oxygens (including phenoxy) is 1. The number of benzene rings is 2. The van der Waals surface area contributed by atoms with Gasteiger partial charge in [-0.3, -0.25) is 9.69 Å². The van der Waals surface area contributed by atoms with Crippen molar-refractivity contribution in [2.75, 3.05) is 33.4 Å². The molecule has 32 heavy (non-hydrogen) atoms. The third kappa shape index (κ3) is 5.75. The SMILES string of the molecule is COCCNS(=O)(=O)c1ccc(C)c(C(=O)NCC(C)(C)N2CCc3ccccc3C2)c1. The van der Waals surface area contributed by atoms with E-state index in [0.29, 0.717) is 12.1 Å². The molecule has 0 fully saturated rings. The van der Waals surface area contributed by atoms with Crippen molar-refractivity contribution < 1.29 is 17.9 Å². The van der Waals surface area contributed by atoms with Crippen molar-refractivity contribution >= 4 is 15.9 Å². The number of hydrogen-bond donors (Lipinski definition) is 2. The van der Waals surface area contributed by atoms with E-state index in [9.17, 15) is 13.2 Å². The number of methoxy groups -OCH3 is 1. The summed E-state index contributed by atoms with van der Waals surface area (Å²) < 4.78 is 32.4. The van der Waals surface area contributed by atoms with Crippen LogP contribution in [0.3, 0.4) is 0 Å². The van der Waals surface area contributed by atoms with Crippen LogP contribution < -0.4 is 10.0 Å². The second-order valence-electron chi connectivity index (χ2n) is 8.80. The fraction of sp³-hybridized carbons (Fsp3) is 0.458. The molecule has 7 nitrogen and oxygen atoms in total. The number of carbonyl (C=O) groups excluding carboxylic acids is 1. The van der Waals surface area contributed by atoms with Gasteiger partial charge in [0.2, 0.25) is 10.0 Å². The van der Waals surface area contributed by atoms with E-state index in [1.165, 1.54) is 30.4 Å². The largest absolute Gasteiger partial charge is 0.383 e. The number of amides is 1. The van der Waals surface area contributed by atoms with E-state index in [2.05, 4.69) is 53.1 Å². The van der Waals surface area contributed by atoms with Crippen molar-refractivity contribution in [3.8, 4) is 0 Å². The van der Waals surface area contributed by atoms with Crippen molar-refractivity contribution in [3.63, 3.8) is 0 Å². The highest BCUT2D eigenvalue weighted by Gasteiger charge is 2.30. The lowest BCUT2D eigenvalue weighted by Crippen LogP contribution is -2.53. The molecular formula is C24H33N3O4S. The highest BCUT2D eigenvalue weighted by atomic mass is 32.2. The van der Waals surface area contributed by atoms with E-state index in [1.54, 1.807) is 13.0 Å². The molecule has 0 bridgehead atoms. The number of aryl methyl sites for hydroxylation is 1. The molecule has 8 heteroatoms. The molecule has 0 saturated heterocycles. The van der Waals surface area contributed by atoms with Gasteiger partial charge in [-0.2, -0.15) is 0 Å². The van der Waals surface area contributed by atoms with Crippen LogP contribution in [0.5, 0.6) is 0 Å². The normalized spacial score (nSPS) is 14.8. The summed E-state index contributed by atoms with van der Waals surface area (Å²) in [6, 6.07) is 13.1.